The summed E-state index contributed by atoms with van der Waals surface area (Å²) in [5.74, 6) is -0.761. The number of fused-ring (bicyclic) bond motifs is 2. The van der Waals surface area contributed by atoms with Gasteiger partial charge >= 0.3 is 0 Å². The van der Waals surface area contributed by atoms with Crippen molar-refractivity contribution in [2.45, 2.75) is 32.7 Å². The van der Waals surface area contributed by atoms with E-state index < -0.39 is 15.9 Å². The van der Waals surface area contributed by atoms with Crippen LogP contribution < -0.4 is 10.0 Å². The van der Waals surface area contributed by atoms with E-state index in [0.29, 0.717) is 16.8 Å². The number of aryl methyl sites for hydroxylation is 2. The number of ether oxygens (including phenoxy) is 1. The van der Waals surface area contributed by atoms with Gasteiger partial charge in [0.25, 0.3) is 10.0 Å². The Balaban J connectivity index is 1.74. The van der Waals surface area contributed by atoms with Crippen LogP contribution >= 0.6 is 0 Å². The number of nitrogens with two attached hydrogens (primary N) is 1. The van der Waals surface area contributed by atoms with Gasteiger partial charge in [0, 0.05) is 5.56 Å². The summed E-state index contributed by atoms with van der Waals surface area (Å²) >= 11 is 0. The largest absolute Gasteiger partial charge is 0.439 e. The van der Waals surface area contributed by atoms with Crippen molar-refractivity contribution in [2.75, 3.05) is 4.31 Å². The molecule has 0 spiro atoms. The van der Waals surface area contributed by atoms with Crippen molar-refractivity contribution >= 4 is 21.5 Å². The quantitative estimate of drug-likeness (QED) is 0.558. The zero-order chi connectivity index (χ0) is 24.7. The topological polar surface area (TPSA) is 96.4 Å². The fourth-order valence-corrected chi connectivity index (χ4v) is 6.65. The molecule has 6 nitrogen and oxygen atoms in total. The molecule has 1 atom stereocenters. The Kier molecular flexibility index (Phi) is 5.62. The Morgan fingerprint density at radius 2 is 1.77 bits per heavy atom. The second-order valence-corrected chi connectivity index (χ2v) is 10.6. The molecule has 176 valence electrons. The van der Waals surface area contributed by atoms with Crippen LogP contribution in [0.1, 0.15) is 40.7 Å². The molecule has 3 aromatic carbocycles. The molecule has 2 aliphatic heterocycles. The SMILES string of the molecule is CCc1ccc(C2C(C#N)=C(N)OC3=C2S(=O)(=O)N(Cc2cccc(C)c2)c2ccccc23)cc1. The highest BCUT2D eigenvalue weighted by Gasteiger charge is 2.47. The summed E-state index contributed by atoms with van der Waals surface area (Å²) in [6.45, 7) is 4.18. The molecule has 0 aliphatic carbocycles. The molecular weight excluding hydrogens is 458 g/mol. The third kappa shape index (κ3) is 3.76. The number of allylic oxidation sites excluding steroid dienone is 2. The summed E-state index contributed by atoms with van der Waals surface area (Å²) in [4.78, 5) is 0.0406. The second-order valence-electron chi connectivity index (χ2n) is 8.73. The number of nitriles is 1. The molecule has 2 aliphatic rings. The molecule has 3 aromatic rings. The fourth-order valence-electron chi connectivity index (χ4n) is 4.73. The van der Waals surface area contributed by atoms with E-state index in [1.54, 1.807) is 12.1 Å². The average Bonchev–Trinajstić information content (AvgIpc) is 2.86. The molecule has 35 heavy (non-hydrogen) atoms. The molecule has 1 unspecified atom stereocenters. The standard InChI is InChI=1S/C28H25N3O3S/c1-3-19-11-13-21(14-12-19)25-23(16-29)28(30)34-26-22-9-4-5-10-24(22)31(35(32,33)27(25)26)17-20-8-6-7-18(2)15-20/h4-15,25H,3,17,30H2,1-2H3. The lowest BCUT2D eigenvalue weighted by atomic mass is 9.87. The van der Waals surface area contributed by atoms with Gasteiger partial charge in [0.2, 0.25) is 5.88 Å². The molecule has 0 amide bonds. The molecule has 7 heteroatoms. The first-order valence-electron chi connectivity index (χ1n) is 11.4. The fraction of sp³-hybridized carbons (Fsp3) is 0.179. The summed E-state index contributed by atoms with van der Waals surface area (Å²) in [5, 5.41) is 9.98. The van der Waals surface area contributed by atoms with Crippen LogP contribution in [0, 0.1) is 18.3 Å². The van der Waals surface area contributed by atoms with E-state index in [0.717, 1.165) is 23.1 Å². The number of hydrogen-bond acceptors (Lipinski definition) is 5. The zero-order valence-electron chi connectivity index (χ0n) is 19.5. The monoisotopic (exact) mass is 483 g/mol. The van der Waals surface area contributed by atoms with E-state index in [9.17, 15) is 13.7 Å². The summed E-state index contributed by atoms with van der Waals surface area (Å²) in [5.41, 5.74) is 11.1. The van der Waals surface area contributed by atoms with Crippen LogP contribution in [0.4, 0.5) is 5.69 Å². The average molecular weight is 484 g/mol. The Hall–Kier alpha value is -4.02. The highest BCUT2D eigenvalue weighted by molar-refractivity contribution is 7.96. The van der Waals surface area contributed by atoms with Crippen molar-refractivity contribution < 1.29 is 13.2 Å². The normalized spacial score (nSPS) is 18.4. The first-order valence-corrected chi connectivity index (χ1v) is 12.9. The maximum absolute atomic E-state index is 14.3. The van der Waals surface area contributed by atoms with Crippen molar-refractivity contribution in [1.29, 1.82) is 5.26 Å². The number of rotatable bonds is 4. The molecule has 0 saturated heterocycles. The summed E-state index contributed by atoms with van der Waals surface area (Å²) < 4.78 is 35.9. The van der Waals surface area contributed by atoms with Gasteiger partial charge in [-0.1, -0.05) is 73.2 Å². The van der Waals surface area contributed by atoms with Crippen LogP contribution in [-0.2, 0) is 27.7 Å². The summed E-state index contributed by atoms with van der Waals surface area (Å²) in [6.07, 6.45) is 0.848. The highest BCUT2D eigenvalue weighted by atomic mass is 32.2. The lowest BCUT2D eigenvalue weighted by Crippen LogP contribution is -2.39. The number of hydrogen-bond donors (Lipinski definition) is 1. The molecule has 0 bridgehead atoms. The van der Waals surface area contributed by atoms with Gasteiger partial charge in [-0.15, -0.1) is 0 Å². The van der Waals surface area contributed by atoms with E-state index in [4.69, 9.17) is 10.5 Å². The van der Waals surface area contributed by atoms with Crippen molar-refractivity contribution in [2.24, 2.45) is 5.73 Å². The minimum absolute atomic E-state index is 0.0406. The number of para-hydroxylation sites is 1. The summed E-state index contributed by atoms with van der Waals surface area (Å²) in [7, 11) is -4.08. The molecule has 2 N–H and O–H groups in total. The van der Waals surface area contributed by atoms with Crippen LogP contribution in [0.25, 0.3) is 5.76 Å². The Morgan fingerprint density at radius 3 is 2.46 bits per heavy atom. The van der Waals surface area contributed by atoms with Crippen LogP contribution in [0.15, 0.2) is 89.2 Å². The predicted molar refractivity (Wildman–Crippen MR) is 136 cm³/mol. The predicted octanol–water partition coefficient (Wildman–Crippen LogP) is 5.08. The van der Waals surface area contributed by atoms with Crippen LogP contribution in [0.5, 0.6) is 0 Å². The van der Waals surface area contributed by atoms with Gasteiger partial charge in [-0.25, -0.2) is 8.42 Å². The molecular formula is C28H25N3O3S. The van der Waals surface area contributed by atoms with Gasteiger partial charge in [-0.3, -0.25) is 4.31 Å². The molecule has 5 rings (SSSR count). The number of sulfonamides is 1. The van der Waals surface area contributed by atoms with Crippen LogP contribution in [-0.4, -0.2) is 8.42 Å². The summed E-state index contributed by atoms with van der Waals surface area (Å²) in [6, 6.07) is 24.7. The molecule has 0 saturated carbocycles. The smallest absolute Gasteiger partial charge is 0.265 e. The van der Waals surface area contributed by atoms with Gasteiger partial charge in [-0.05, 0) is 42.2 Å². The third-order valence-electron chi connectivity index (χ3n) is 6.49. The number of benzene rings is 3. The maximum Gasteiger partial charge on any atom is 0.265 e. The van der Waals surface area contributed by atoms with E-state index in [-0.39, 0.29) is 28.7 Å². The van der Waals surface area contributed by atoms with Gasteiger partial charge in [0.1, 0.15) is 16.5 Å². The number of nitrogens with zero attached hydrogens (tertiary/aromatic N) is 2. The molecule has 2 heterocycles. The third-order valence-corrected chi connectivity index (χ3v) is 8.37. The Labute approximate surface area is 205 Å². The van der Waals surface area contributed by atoms with Crippen molar-refractivity contribution in [3.8, 4) is 6.07 Å². The van der Waals surface area contributed by atoms with E-state index in [1.165, 1.54) is 4.31 Å². The minimum atomic E-state index is -4.08. The van der Waals surface area contributed by atoms with Gasteiger partial charge in [0.15, 0.2) is 5.76 Å². The van der Waals surface area contributed by atoms with E-state index in [1.807, 2.05) is 74.5 Å². The van der Waals surface area contributed by atoms with Gasteiger partial charge in [-0.2, -0.15) is 5.26 Å². The second kappa shape index (κ2) is 8.64. The first-order chi connectivity index (χ1) is 16.8. The molecule has 0 fully saturated rings. The lowest BCUT2D eigenvalue weighted by molar-refractivity contribution is 0.357. The van der Waals surface area contributed by atoms with Gasteiger partial charge in [0.05, 0.1) is 18.2 Å². The number of anilines is 1. The van der Waals surface area contributed by atoms with Crippen molar-refractivity contribution in [1.82, 2.24) is 0 Å². The minimum Gasteiger partial charge on any atom is -0.439 e. The highest BCUT2D eigenvalue weighted by Crippen LogP contribution is 2.51. The van der Waals surface area contributed by atoms with Crippen LogP contribution in [0.3, 0.4) is 0 Å². The van der Waals surface area contributed by atoms with Crippen molar-refractivity contribution in [3.05, 3.63) is 117 Å². The van der Waals surface area contributed by atoms with E-state index >= 15 is 0 Å². The van der Waals surface area contributed by atoms with Crippen LogP contribution in [0.2, 0.25) is 0 Å². The zero-order valence-corrected chi connectivity index (χ0v) is 20.3. The Morgan fingerprint density at radius 1 is 1.03 bits per heavy atom. The van der Waals surface area contributed by atoms with Crippen molar-refractivity contribution in [3.63, 3.8) is 0 Å². The first kappa shape index (κ1) is 22.8. The molecule has 0 aromatic heterocycles. The van der Waals surface area contributed by atoms with Gasteiger partial charge < -0.3 is 10.5 Å². The lowest BCUT2D eigenvalue weighted by Gasteiger charge is -2.38. The maximum atomic E-state index is 14.3. The Bertz CT molecular complexity index is 1530. The molecule has 0 radical (unpaired) electrons. The van der Waals surface area contributed by atoms with E-state index in [2.05, 4.69) is 6.07 Å².